The van der Waals surface area contributed by atoms with Gasteiger partial charge < -0.3 is 10.2 Å². The van der Waals surface area contributed by atoms with Crippen LogP contribution in [0.15, 0.2) is 42.5 Å². The van der Waals surface area contributed by atoms with Crippen molar-refractivity contribution < 1.29 is 13.6 Å². The molecule has 2 aromatic carbocycles. The van der Waals surface area contributed by atoms with E-state index in [9.17, 15) is 13.6 Å². The largest absolute Gasteiger partial charge is 0.339 e. The number of benzene rings is 2. The summed E-state index contributed by atoms with van der Waals surface area (Å²) >= 11 is 0. The Balaban J connectivity index is 0.00000210. The predicted molar refractivity (Wildman–Crippen MR) is 104 cm³/mol. The summed E-state index contributed by atoms with van der Waals surface area (Å²) in [4.78, 5) is 14.6. The van der Waals surface area contributed by atoms with Crippen molar-refractivity contribution in [3.8, 4) is 11.1 Å². The second-order valence-corrected chi connectivity index (χ2v) is 7.25. The second-order valence-electron chi connectivity index (χ2n) is 7.25. The van der Waals surface area contributed by atoms with Crippen LogP contribution in [0.2, 0.25) is 0 Å². The third kappa shape index (κ3) is 4.14. The van der Waals surface area contributed by atoms with E-state index in [2.05, 4.69) is 5.32 Å². The molecule has 2 aliphatic heterocycles. The maximum atomic E-state index is 14.6. The molecule has 1 N–H and O–H groups in total. The fourth-order valence-corrected chi connectivity index (χ4v) is 4.10. The van der Waals surface area contributed by atoms with Crippen LogP contribution in [-0.2, 0) is 0 Å². The Morgan fingerprint density at radius 1 is 0.926 bits per heavy atom. The molecule has 0 aromatic heterocycles. The molecule has 2 fully saturated rings. The molecule has 0 radical (unpaired) electrons. The summed E-state index contributed by atoms with van der Waals surface area (Å²) in [6.45, 7) is 3.41. The number of amides is 1. The highest BCUT2D eigenvalue weighted by atomic mass is 35.5. The van der Waals surface area contributed by atoms with Crippen LogP contribution in [-0.4, -0.2) is 37.0 Å². The van der Waals surface area contributed by atoms with Gasteiger partial charge in [-0.15, -0.1) is 12.4 Å². The third-order valence-corrected chi connectivity index (χ3v) is 5.68. The summed E-state index contributed by atoms with van der Waals surface area (Å²) in [5.74, 6) is 0.156. The van der Waals surface area contributed by atoms with Gasteiger partial charge in [0.05, 0.1) is 5.56 Å². The Bertz CT molecular complexity index is 798. The van der Waals surface area contributed by atoms with Gasteiger partial charge in [0, 0.05) is 13.1 Å². The van der Waals surface area contributed by atoms with E-state index in [1.165, 1.54) is 18.2 Å². The van der Waals surface area contributed by atoms with Crippen molar-refractivity contribution in [1.82, 2.24) is 10.2 Å². The van der Waals surface area contributed by atoms with Gasteiger partial charge in [0.15, 0.2) is 0 Å². The van der Waals surface area contributed by atoms with Crippen molar-refractivity contribution in [2.45, 2.75) is 12.8 Å². The van der Waals surface area contributed by atoms with Crippen molar-refractivity contribution in [1.29, 1.82) is 0 Å². The molecule has 3 nitrogen and oxygen atoms in total. The topological polar surface area (TPSA) is 32.3 Å². The molecule has 0 unspecified atom stereocenters. The number of carbonyl (C=O) groups is 1. The molecule has 0 saturated carbocycles. The molecule has 4 rings (SSSR count). The predicted octanol–water partition coefficient (Wildman–Crippen LogP) is 4.13. The first-order valence-corrected chi connectivity index (χ1v) is 9.17. The highest BCUT2D eigenvalue weighted by Gasteiger charge is 2.32. The number of halogens is 3. The van der Waals surface area contributed by atoms with Crippen LogP contribution in [0.5, 0.6) is 0 Å². The van der Waals surface area contributed by atoms with Gasteiger partial charge in [-0.25, -0.2) is 8.78 Å². The number of fused-ring (bicyclic) bond motifs is 1. The van der Waals surface area contributed by atoms with Gasteiger partial charge >= 0.3 is 0 Å². The third-order valence-electron chi connectivity index (χ3n) is 5.68. The Morgan fingerprint density at radius 3 is 2.11 bits per heavy atom. The summed E-state index contributed by atoms with van der Waals surface area (Å²) in [5, 5.41) is 3.42. The van der Waals surface area contributed by atoms with E-state index in [1.807, 2.05) is 0 Å². The first kappa shape index (κ1) is 19.8. The van der Waals surface area contributed by atoms with Crippen LogP contribution in [0.1, 0.15) is 23.2 Å². The highest BCUT2D eigenvalue weighted by molar-refractivity contribution is 5.95. The van der Waals surface area contributed by atoms with Crippen molar-refractivity contribution in [2.75, 3.05) is 26.2 Å². The molecule has 0 aliphatic carbocycles. The van der Waals surface area contributed by atoms with Gasteiger partial charge in [0.2, 0.25) is 0 Å². The number of hydrogen-bond acceptors (Lipinski definition) is 2. The molecule has 1 amide bonds. The van der Waals surface area contributed by atoms with Crippen molar-refractivity contribution >= 4 is 18.3 Å². The Hall–Kier alpha value is -1.98. The van der Waals surface area contributed by atoms with Gasteiger partial charge in [-0.05, 0) is 73.2 Å². The lowest BCUT2D eigenvalue weighted by Gasteiger charge is -2.21. The van der Waals surface area contributed by atoms with Gasteiger partial charge in [0.1, 0.15) is 11.6 Å². The molecule has 2 heterocycles. The van der Waals surface area contributed by atoms with Gasteiger partial charge in [-0.2, -0.15) is 0 Å². The SMILES string of the molecule is Cl.O=C(c1ccc(-c2ccc(F)cc2)cc1F)N1CC[C@@H]2CNC[C@@H]2CC1. The lowest BCUT2D eigenvalue weighted by atomic mass is 9.92. The Labute approximate surface area is 164 Å². The molecule has 2 atom stereocenters. The minimum Gasteiger partial charge on any atom is -0.339 e. The van der Waals surface area contributed by atoms with Crippen molar-refractivity contribution in [2.24, 2.45) is 11.8 Å². The van der Waals surface area contributed by atoms with E-state index in [0.29, 0.717) is 30.5 Å². The first-order chi connectivity index (χ1) is 12.6. The lowest BCUT2D eigenvalue weighted by molar-refractivity contribution is 0.0754. The summed E-state index contributed by atoms with van der Waals surface area (Å²) in [5.41, 5.74) is 1.47. The maximum Gasteiger partial charge on any atom is 0.256 e. The number of rotatable bonds is 2. The van der Waals surface area contributed by atoms with Crippen molar-refractivity contribution in [3.63, 3.8) is 0 Å². The number of carbonyl (C=O) groups excluding carboxylic acids is 1. The average Bonchev–Trinajstić information content (AvgIpc) is 3.00. The summed E-state index contributed by atoms with van der Waals surface area (Å²) in [6.07, 6.45) is 1.94. The minimum absolute atomic E-state index is 0. The Morgan fingerprint density at radius 2 is 1.52 bits per heavy atom. The van der Waals surface area contributed by atoms with Crippen LogP contribution >= 0.6 is 12.4 Å². The molecule has 2 aliphatic rings. The monoisotopic (exact) mass is 392 g/mol. The quantitative estimate of drug-likeness (QED) is 0.833. The van der Waals surface area contributed by atoms with E-state index in [-0.39, 0.29) is 29.7 Å². The fourth-order valence-electron chi connectivity index (χ4n) is 4.10. The van der Waals surface area contributed by atoms with E-state index in [4.69, 9.17) is 0 Å². The van der Waals surface area contributed by atoms with E-state index < -0.39 is 5.82 Å². The van der Waals surface area contributed by atoms with E-state index in [0.717, 1.165) is 31.5 Å². The Kier molecular flexibility index (Phi) is 6.12. The zero-order valence-corrected chi connectivity index (χ0v) is 15.8. The molecular formula is C21H23ClF2N2O. The van der Waals surface area contributed by atoms with Crippen LogP contribution in [0.25, 0.3) is 11.1 Å². The molecule has 2 saturated heterocycles. The van der Waals surface area contributed by atoms with E-state index >= 15 is 0 Å². The summed E-state index contributed by atoms with van der Waals surface area (Å²) in [6, 6.07) is 10.5. The number of nitrogens with one attached hydrogen (secondary N) is 1. The standard InChI is InChI=1S/C21H22F2N2O.ClH/c22-18-4-1-14(2-5-18)15-3-6-19(20(23)11-15)21(26)25-9-7-16-12-24-13-17(16)8-10-25;/h1-6,11,16-17,24H,7-10,12-13H2;1H/t16-,17+;. The molecular weight excluding hydrogens is 370 g/mol. The smallest absolute Gasteiger partial charge is 0.256 e. The van der Waals surface area contributed by atoms with Gasteiger partial charge in [0.25, 0.3) is 5.91 Å². The second kappa shape index (κ2) is 8.36. The zero-order chi connectivity index (χ0) is 18.1. The normalized spacial score (nSPS) is 21.9. The number of likely N-dealkylation sites (tertiary alicyclic amines) is 1. The van der Waals surface area contributed by atoms with Gasteiger partial charge in [-0.1, -0.05) is 18.2 Å². The number of nitrogens with zero attached hydrogens (tertiary/aromatic N) is 1. The number of hydrogen-bond donors (Lipinski definition) is 1. The van der Waals surface area contributed by atoms with Crippen LogP contribution in [0.4, 0.5) is 8.78 Å². The van der Waals surface area contributed by atoms with Gasteiger partial charge in [-0.3, -0.25) is 4.79 Å². The maximum absolute atomic E-state index is 14.6. The van der Waals surface area contributed by atoms with Crippen LogP contribution in [0.3, 0.4) is 0 Å². The van der Waals surface area contributed by atoms with Crippen LogP contribution < -0.4 is 5.32 Å². The summed E-state index contributed by atoms with van der Waals surface area (Å²) < 4.78 is 27.7. The lowest BCUT2D eigenvalue weighted by Crippen LogP contribution is -2.33. The molecule has 0 spiro atoms. The molecule has 144 valence electrons. The first-order valence-electron chi connectivity index (χ1n) is 9.17. The fraction of sp³-hybridized carbons (Fsp3) is 0.381. The minimum atomic E-state index is -0.525. The molecule has 27 heavy (non-hydrogen) atoms. The molecule has 2 aromatic rings. The summed E-state index contributed by atoms with van der Waals surface area (Å²) in [7, 11) is 0. The zero-order valence-electron chi connectivity index (χ0n) is 15.0. The average molecular weight is 393 g/mol. The molecule has 6 heteroatoms. The highest BCUT2D eigenvalue weighted by Crippen LogP contribution is 2.28. The van der Waals surface area contributed by atoms with E-state index in [1.54, 1.807) is 29.2 Å². The van der Waals surface area contributed by atoms with Crippen LogP contribution in [0, 0.1) is 23.5 Å². The molecule has 0 bridgehead atoms. The van der Waals surface area contributed by atoms with Crippen molar-refractivity contribution in [3.05, 3.63) is 59.7 Å².